The molecule has 0 fully saturated rings. The summed E-state index contributed by atoms with van der Waals surface area (Å²) in [6.45, 7) is 3.10. The highest BCUT2D eigenvalue weighted by Crippen LogP contribution is 2.15. The Labute approximate surface area is 116 Å². The predicted molar refractivity (Wildman–Crippen MR) is 70.8 cm³/mol. The summed E-state index contributed by atoms with van der Waals surface area (Å²) in [6.07, 6.45) is 2.62. The van der Waals surface area contributed by atoms with Crippen LogP contribution in [0.5, 0.6) is 5.75 Å². The van der Waals surface area contributed by atoms with E-state index in [1.807, 2.05) is 13.1 Å². The topological polar surface area (TPSA) is 39.9 Å². The first-order valence-electron chi connectivity index (χ1n) is 6.07. The standard InChI is InChI=1S/C13H15ClFN3O/c1-10(14)13-9-18(17-16-13)7-2-8-19-12-5-3-11(15)4-6-12/h3-6,9-10H,2,7-8H2,1H3. The number of nitrogens with zero attached hydrogens (tertiary/aromatic N) is 3. The highest BCUT2D eigenvalue weighted by Gasteiger charge is 2.06. The van der Waals surface area contributed by atoms with Gasteiger partial charge in [0.2, 0.25) is 0 Å². The molecular weight excluding hydrogens is 269 g/mol. The number of benzene rings is 1. The number of hydrogen-bond acceptors (Lipinski definition) is 3. The van der Waals surface area contributed by atoms with E-state index >= 15 is 0 Å². The lowest BCUT2D eigenvalue weighted by Crippen LogP contribution is -2.05. The van der Waals surface area contributed by atoms with Gasteiger partial charge in [0.25, 0.3) is 0 Å². The van der Waals surface area contributed by atoms with Gasteiger partial charge in [-0.05, 0) is 31.2 Å². The van der Waals surface area contributed by atoms with Gasteiger partial charge in [-0.2, -0.15) is 0 Å². The van der Waals surface area contributed by atoms with Crippen LogP contribution in [0.15, 0.2) is 30.5 Å². The Bertz CT molecular complexity index is 513. The normalized spacial score (nSPS) is 12.4. The average Bonchev–Trinajstić information content (AvgIpc) is 2.86. The van der Waals surface area contributed by atoms with Crippen molar-refractivity contribution in [2.75, 3.05) is 6.61 Å². The van der Waals surface area contributed by atoms with Gasteiger partial charge in [-0.25, -0.2) is 4.39 Å². The third kappa shape index (κ3) is 4.21. The Morgan fingerprint density at radius 3 is 2.74 bits per heavy atom. The van der Waals surface area contributed by atoms with Crippen molar-refractivity contribution in [3.8, 4) is 5.75 Å². The third-order valence-corrected chi connectivity index (χ3v) is 2.80. The number of ether oxygens (including phenoxy) is 1. The molecule has 1 atom stereocenters. The molecule has 1 heterocycles. The molecule has 0 saturated heterocycles. The lowest BCUT2D eigenvalue weighted by atomic mass is 10.3. The number of aromatic nitrogens is 3. The fourth-order valence-electron chi connectivity index (χ4n) is 1.55. The molecule has 0 radical (unpaired) electrons. The highest BCUT2D eigenvalue weighted by molar-refractivity contribution is 6.20. The van der Waals surface area contributed by atoms with Crippen molar-refractivity contribution in [3.63, 3.8) is 0 Å². The van der Waals surface area contributed by atoms with E-state index in [9.17, 15) is 4.39 Å². The zero-order valence-electron chi connectivity index (χ0n) is 10.6. The Balaban J connectivity index is 1.72. The molecular formula is C13H15ClFN3O. The number of rotatable bonds is 6. The van der Waals surface area contributed by atoms with Gasteiger partial charge in [0.1, 0.15) is 17.3 Å². The van der Waals surface area contributed by atoms with Crippen molar-refractivity contribution in [2.45, 2.75) is 25.3 Å². The van der Waals surface area contributed by atoms with E-state index < -0.39 is 0 Å². The largest absolute Gasteiger partial charge is 0.494 e. The predicted octanol–water partition coefficient (Wildman–Crippen LogP) is 3.19. The first-order chi connectivity index (χ1) is 9.15. The van der Waals surface area contributed by atoms with E-state index in [-0.39, 0.29) is 11.2 Å². The second-order valence-electron chi connectivity index (χ2n) is 4.18. The molecule has 1 aromatic heterocycles. The number of aryl methyl sites for hydroxylation is 1. The quantitative estimate of drug-likeness (QED) is 0.604. The van der Waals surface area contributed by atoms with Crippen LogP contribution >= 0.6 is 11.6 Å². The van der Waals surface area contributed by atoms with E-state index in [0.29, 0.717) is 18.9 Å². The van der Waals surface area contributed by atoms with E-state index in [2.05, 4.69) is 10.3 Å². The minimum absolute atomic E-state index is 0.135. The van der Waals surface area contributed by atoms with Crippen LogP contribution in [-0.2, 0) is 6.54 Å². The third-order valence-electron chi connectivity index (χ3n) is 2.58. The number of alkyl halides is 1. The summed E-state index contributed by atoms with van der Waals surface area (Å²) in [6, 6.07) is 5.97. The lowest BCUT2D eigenvalue weighted by Gasteiger charge is -2.05. The molecule has 0 bridgehead atoms. The minimum atomic E-state index is -0.266. The molecule has 4 nitrogen and oxygen atoms in total. The average molecular weight is 284 g/mol. The summed E-state index contributed by atoms with van der Waals surface area (Å²) in [5, 5.41) is 7.80. The molecule has 0 spiro atoms. The van der Waals surface area contributed by atoms with Gasteiger partial charge in [0.05, 0.1) is 12.0 Å². The minimum Gasteiger partial charge on any atom is -0.494 e. The van der Waals surface area contributed by atoms with Gasteiger partial charge in [0.15, 0.2) is 0 Å². The fraction of sp³-hybridized carbons (Fsp3) is 0.385. The molecule has 1 unspecified atom stereocenters. The monoisotopic (exact) mass is 283 g/mol. The van der Waals surface area contributed by atoms with Crippen molar-refractivity contribution in [3.05, 3.63) is 42.0 Å². The molecule has 0 amide bonds. The zero-order valence-corrected chi connectivity index (χ0v) is 11.3. The Hall–Kier alpha value is -1.62. The van der Waals surface area contributed by atoms with Crippen molar-refractivity contribution in [1.82, 2.24) is 15.0 Å². The Kier molecular flexibility index (Phi) is 4.74. The van der Waals surface area contributed by atoms with Crippen molar-refractivity contribution in [2.24, 2.45) is 0 Å². The van der Waals surface area contributed by atoms with Crippen LogP contribution < -0.4 is 4.74 Å². The molecule has 2 rings (SSSR count). The second kappa shape index (κ2) is 6.52. The van der Waals surface area contributed by atoms with Gasteiger partial charge in [-0.1, -0.05) is 5.21 Å². The van der Waals surface area contributed by atoms with Crippen LogP contribution in [-0.4, -0.2) is 21.6 Å². The van der Waals surface area contributed by atoms with Gasteiger partial charge < -0.3 is 4.74 Å². The van der Waals surface area contributed by atoms with Crippen LogP contribution in [0.1, 0.15) is 24.4 Å². The molecule has 0 aliphatic heterocycles. The molecule has 2 aromatic rings. The smallest absolute Gasteiger partial charge is 0.123 e. The molecule has 1 aromatic carbocycles. The van der Waals surface area contributed by atoms with Crippen molar-refractivity contribution >= 4 is 11.6 Å². The highest BCUT2D eigenvalue weighted by atomic mass is 35.5. The van der Waals surface area contributed by atoms with E-state index in [1.165, 1.54) is 12.1 Å². The van der Waals surface area contributed by atoms with Gasteiger partial charge in [0, 0.05) is 19.2 Å². The Morgan fingerprint density at radius 2 is 2.11 bits per heavy atom. The van der Waals surface area contributed by atoms with Gasteiger partial charge in [-0.15, -0.1) is 16.7 Å². The first kappa shape index (κ1) is 13.8. The van der Waals surface area contributed by atoms with Crippen molar-refractivity contribution < 1.29 is 9.13 Å². The molecule has 0 aliphatic rings. The van der Waals surface area contributed by atoms with Crippen LogP contribution in [0.25, 0.3) is 0 Å². The summed E-state index contributed by atoms with van der Waals surface area (Å²) in [7, 11) is 0. The lowest BCUT2D eigenvalue weighted by molar-refractivity contribution is 0.297. The van der Waals surface area contributed by atoms with Gasteiger partial charge >= 0.3 is 0 Å². The van der Waals surface area contributed by atoms with E-state index in [0.717, 1.165) is 12.1 Å². The summed E-state index contributed by atoms with van der Waals surface area (Å²) in [4.78, 5) is 0. The molecule has 0 aliphatic carbocycles. The fourth-order valence-corrected chi connectivity index (χ4v) is 1.65. The zero-order chi connectivity index (χ0) is 13.7. The summed E-state index contributed by atoms with van der Waals surface area (Å²) in [5.41, 5.74) is 0.765. The molecule has 6 heteroatoms. The maximum absolute atomic E-state index is 12.7. The van der Waals surface area contributed by atoms with Gasteiger partial charge in [-0.3, -0.25) is 4.68 Å². The molecule has 102 valence electrons. The van der Waals surface area contributed by atoms with Crippen molar-refractivity contribution in [1.29, 1.82) is 0 Å². The Morgan fingerprint density at radius 1 is 1.37 bits per heavy atom. The molecule has 19 heavy (non-hydrogen) atoms. The molecule has 0 saturated carbocycles. The van der Waals surface area contributed by atoms with E-state index in [4.69, 9.17) is 16.3 Å². The number of hydrogen-bond donors (Lipinski definition) is 0. The SMILES string of the molecule is CC(Cl)c1cn(CCCOc2ccc(F)cc2)nn1. The molecule has 0 N–H and O–H groups in total. The van der Waals surface area contributed by atoms with Crippen LogP contribution in [0, 0.1) is 5.82 Å². The first-order valence-corrected chi connectivity index (χ1v) is 6.51. The van der Waals surface area contributed by atoms with Crippen LogP contribution in [0.3, 0.4) is 0 Å². The maximum Gasteiger partial charge on any atom is 0.123 e. The summed E-state index contributed by atoms with van der Waals surface area (Å²) in [5.74, 6) is 0.396. The maximum atomic E-state index is 12.7. The summed E-state index contributed by atoms with van der Waals surface area (Å²) >= 11 is 5.90. The number of halogens is 2. The van der Waals surface area contributed by atoms with Crippen LogP contribution in [0.4, 0.5) is 4.39 Å². The summed E-state index contributed by atoms with van der Waals surface area (Å²) < 4.78 is 19.9. The van der Waals surface area contributed by atoms with Crippen LogP contribution in [0.2, 0.25) is 0 Å². The second-order valence-corrected chi connectivity index (χ2v) is 4.83. The van der Waals surface area contributed by atoms with E-state index in [1.54, 1.807) is 16.8 Å².